The molecule has 2 N–H and O–H groups in total. The first-order valence-corrected chi connectivity index (χ1v) is 8.32. The lowest BCUT2D eigenvalue weighted by molar-refractivity contribution is 0.175. The lowest BCUT2D eigenvalue weighted by atomic mass is 9.85. The van der Waals surface area contributed by atoms with Gasteiger partial charge in [-0.3, -0.25) is 0 Å². The average molecular weight is 343 g/mol. The Morgan fingerprint density at radius 2 is 1.92 bits per heavy atom. The predicted molar refractivity (Wildman–Crippen MR) is 94.7 cm³/mol. The Kier molecular flexibility index (Phi) is 4.66. The van der Waals surface area contributed by atoms with Gasteiger partial charge in [0.1, 0.15) is 19.0 Å². The number of ether oxygens (including phenoxy) is 1. The number of rotatable bonds is 5. The fraction of sp³-hybridized carbons (Fsp3) is 0.350. The molecule has 5 heteroatoms. The summed E-state index contributed by atoms with van der Waals surface area (Å²) in [6.45, 7) is 3.70. The molecule has 0 fully saturated rings. The van der Waals surface area contributed by atoms with Gasteiger partial charge in [-0.15, -0.1) is 0 Å². The molecule has 1 aliphatic rings. The van der Waals surface area contributed by atoms with E-state index in [-0.39, 0.29) is 18.1 Å². The number of alkyl halides is 1. The second-order valence-corrected chi connectivity index (χ2v) is 7.02. The third-order valence-corrected chi connectivity index (χ3v) is 4.68. The quantitative estimate of drug-likeness (QED) is 0.834. The van der Waals surface area contributed by atoms with Gasteiger partial charge in [-0.25, -0.2) is 9.18 Å². The zero-order valence-corrected chi connectivity index (χ0v) is 14.4. The van der Waals surface area contributed by atoms with Crippen molar-refractivity contribution in [2.45, 2.75) is 26.3 Å². The van der Waals surface area contributed by atoms with Crippen LogP contribution in [-0.4, -0.2) is 24.5 Å². The molecular formula is C20H22FNO3. The molecule has 25 heavy (non-hydrogen) atoms. The van der Waals surface area contributed by atoms with Gasteiger partial charge < -0.3 is 15.2 Å². The van der Waals surface area contributed by atoms with Crippen LogP contribution in [0.15, 0.2) is 42.5 Å². The molecule has 2 aromatic carbocycles. The second kappa shape index (κ2) is 6.75. The zero-order chi connectivity index (χ0) is 18.0. The Labute approximate surface area is 146 Å². The smallest absolute Gasteiger partial charge is 0.405 e. The molecule has 1 atom stereocenters. The molecule has 0 saturated carbocycles. The topological polar surface area (TPSA) is 58.6 Å². The highest BCUT2D eigenvalue weighted by molar-refractivity contribution is 5.68. The number of hydrogen-bond acceptors (Lipinski definition) is 2. The fourth-order valence-electron chi connectivity index (χ4n) is 3.53. The number of amides is 1. The Bertz CT molecular complexity index is 771. The van der Waals surface area contributed by atoms with Gasteiger partial charge in [0.2, 0.25) is 0 Å². The Balaban J connectivity index is 1.86. The van der Waals surface area contributed by atoms with Crippen molar-refractivity contribution in [2.24, 2.45) is 5.41 Å². The van der Waals surface area contributed by atoms with Crippen LogP contribution < -0.4 is 10.1 Å². The van der Waals surface area contributed by atoms with Crippen LogP contribution in [0.1, 0.15) is 31.0 Å². The van der Waals surface area contributed by atoms with Crippen LogP contribution in [0.25, 0.3) is 11.1 Å². The first-order valence-electron chi connectivity index (χ1n) is 8.32. The minimum absolute atomic E-state index is 0.0608. The van der Waals surface area contributed by atoms with E-state index in [1.807, 2.05) is 36.4 Å². The normalized spacial score (nSPS) is 17.8. The van der Waals surface area contributed by atoms with E-state index in [2.05, 4.69) is 25.2 Å². The van der Waals surface area contributed by atoms with Crippen molar-refractivity contribution < 1.29 is 19.0 Å². The number of hydrogen-bond donors (Lipinski definition) is 2. The van der Waals surface area contributed by atoms with E-state index < -0.39 is 12.8 Å². The van der Waals surface area contributed by atoms with E-state index in [1.54, 1.807) is 0 Å². The molecule has 4 nitrogen and oxygen atoms in total. The third kappa shape index (κ3) is 3.60. The first-order chi connectivity index (χ1) is 11.9. The predicted octanol–water partition coefficient (Wildman–Crippen LogP) is 4.59. The van der Waals surface area contributed by atoms with Crippen molar-refractivity contribution in [1.82, 2.24) is 5.32 Å². The summed E-state index contributed by atoms with van der Waals surface area (Å²) < 4.78 is 17.4. The molecule has 3 rings (SSSR count). The molecular weight excluding hydrogens is 321 g/mol. The zero-order valence-electron chi connectivity index (χ0n) is 14.4. The number of carbonyl (C=O) groups is 1. The summed E-state index contributed by atoms with van der Waals surface area (Å²) in [5.74, 6) is 0.648. The van der Waals surface area contributed by atoms with Gasteiger partial charge in [0.05, 0.1) is 6.04 Å². The maximum atomic E-state index is 12.2. The van der Waals surface area contributed by atoms with Gasteiger partial charge in [0.15, 0.2) is 0 Å². The van der Waals surface area contributed by atoms with Crippen molar-refractivity contribution in [2.75, 3.05) is 13.3 Å². The average Bonchev–Trinajstić information content (AvgIpc) is 2.82. The number of nitrogens with one attached hydrogen (secondary N) is 1. The molecule has 0 saturated heterocycles. The summed E-state index contributed by atoms with van der Waals surface area (Å²) in [5.41, 5.74) is 4.16. The summed E-state index contributed by atoms with van der Waals surface area (Å²) in [5, 5.41) is 11.7. The lowest BCUT2D eigenvalue weighted by Gasteiger charge is -2.27. The Morgan fingerprint density at radius 3 is 2.56 bits per heavy atom. The molecule has 0 radical (unpaired) electrons. The van der Waals surface area contributed by atoms with E-state index >= 15 is 0 Å². The van der Waals surface area contributed by atoms with Crippen molar-refractivity contribution in [3.63, 3.8) is 0 Å². The van der Waals surface area contributed by atoms with Gasteiger partial charge in [-0.1, -0.05) is 44.2 Å². The second-order valence-electron chi connectivity index (χ2n) is 7.02. The minimum atomic E-state index is -1.00. The summed E-state index contributed by atoms with van der Waals surface area (Å²) in [6, 6.07) is 13.5. The maximum Gasteiger partial charge on any atom is 0.405 e. The molecule has 1 amide bonds. The summed E-state index contributed by atoms with van der Waals surface area (Å²) in [7, 11) is 0. The Hall–Kier alpha value is -2.56. The minimum Gasteiger partial charge on any atom is -0.491 e. The van der Waals surface area contributed by atoms with Gasteiger partial charge in [-0.05, 0) is 46.2 Å². The SMILES string of the molecule is CC1(C)Cc2cc(-c3ccc(OCCF)cc3)ccc2C1NC(=O)O. The fourth-order valence-corrected chi connectivity index (χ4v) is 3.53. The lowest BCUT2D eigenvalue weighted by Crippen LogP contribution is -2.34. The molecule has 1 unspecified atom stereocenters. The van der Waals surface area contributed by atoms with E-state index in [0.717, 1.165) is 23.1 Å². The van der Waals surface area contributed by atoms with E-state index in [9.17, 15) is 9.18 Å². The van der Waals surface area contributed by atoms with Crippen LogP contribution in [0.5, 0.6) is 5.75 Å². The molecule has 0 bridgehead atoms. The molecule has 2 aromatic rings. The maximum absolute atomic E-state index is 12.2. The monoisotopic (exact) mass is 343 g/mol. The molecule has 0 spiro atoms. The molecule has 0 aromatic heterocycles. The highest BCUT2D eigenvalue weighted by Crippen LogP contribution is 2.46. The van der Waals surface area contributed by atoms with Crippen LogP contribution in [0.4, 0.5) is 9.18 Å². The number of halogens is 1. The van der Waals surface area contributed by atoms with Gasteiger partial charge in [0.25, 0.3) is 0 Å². The van der Waals surface area contributed by atoms with Crippen LogP contribution >= 0.6 is 0 Å². The molecule has 1 aliphatic carbocycles. The van der Waals surface area contributed by atoms with Crippen molar-refractivity contribution in [3.8, 4) is 16.9 Å². The summed E-state index contributed by atoms with van der Waals surface area (Å²) >= 11 is 0. The number of benzene rings is 2. The molecule has 132 valence electrons. The van der Waals surface area contributed by atoms with Gasteiger partial charge >= 0.3 is 6.09 Å². The largest absolute Gasteiger partial charge is 0.491 e. The van der Waals surface area contributed by atoms with E-state index in [4.69, 9.17) is 9.84 Å². The summed E-state index contributed by atoms with van der Waals surface area (Å²) in [4.78, 5) is 11.1. The van der Waals surface area contributed by atoms with Gasteiger partial charge in [-0.2, -0.15) is 0 Å². The van der Waals surface area contributed by atoms with Crippen LogP contribution in [0, 0.1) is 5.41 Å². The third-order valence-electron chi connectivity index (χ3n) is 4.68. The van der Waals surface area contributed by atoms with Gasteiger partial charge in [0, 0.05) is 0 Å². The molecule has 0 heterocycles. The Morgan fingerprint density at radius 1 is 1.24 bits per heavy atom. The van der Waals surface area contributed by atoms with Crippen molar-refractivity contribution in [3.05, 3.63) is 53.6 Å². The van der Waals surface area contributed by atoms with Crippen molar-refractivity contribution in [1.29, 1.82) is 0 Å². The molecule has 0 aliphatic heterocycles. The summed E-state index contributed by atoms with van der Waals surface area (Å²) in [6.07, 6.45) is -0.183. The van der Waals surface area contributed by atoms with E-state index in [1.165, 1.54) is 5.56 Å². The number of carboxylic acid groups (broad SMARTS) is 1. The number of fused-ring (bicyclic) bond motifs is 1. The van der Waals surface area contributed by atoms with Crippen molar-refractivity contribution >= 4 is 6.09 Å². The van der Waals surface area contributed by atoms with Crippen LogP contribution in [0.3, 0.4) is 0 Å². The van der Waals surface area contributed by atoms with E-state index in [0.29, 0.717) is 5.75 Å². The highest BCUT2D eigenvalue weighted by atomic mass is 19.1. The first kappa shape index (κ1) is 17.3. The standard InChI is InChI=1S/C20H22FNO3/c1-20(2)12-15-11-14(5-8-17(15)18(20)22-19(23)24)13-3-6-16(7-4-13)25-10-9-21/h3-8,11,18,22H,9-10,12H2,1-2H3,(H,23,24). The van der Waals surface area contributed by atoms with Crippen LogP contribution in [0.2, 0.25) is 0 Å². The highest BCUT2D eigenvalue weighted by Gasteiger charge is 2.39. The van der Waals surface area contributed by atoms with Crippen LogP contribution in [-0.2, 0) is 6.42 Å².